The molecule has 0 heterocycles. The molecule has 0 aliphatic rings. The second-order valence-electron chi connectivity index (χ2n) is 19.7. The SMILES string of the molecule is COc1ccc(-c2c(-c3ccccc3)cc(-c3cccc(-c4c(-c5ccccc5)c(-c5ccccc5)c(-c5ccc(OC)cc5)c(-c5ccc(OC)cc5)c4-c4ccccc4)c3)c(-c3ccccc3)c2-c2ccc(OC)cc2)cc1. The van der Waals surface area contributed by atoms with E-state index in [1.165, 1.54) is 0 Å². The molecule has 0 saturated carbocycles. The van der Waals surface area contributed by atoms with E-state index < -0.39 is 0 Å². The molecule has 386 valence electrons. The maximum Gasteiger partial charge on any atom is 0.118 e. The summed E-state index contributed by atoms with van der Waals surface area (Å²) in [5, 5.41) is 0. The fraction of sp³-hybridized carbons (Fsp3) is 0.0526. The van der Waals surface area contributed by atoms with Gasteiger partial charge in [0.05, 0.1) is 28.4 Å². The van der Waals surface area contributed by atoms with Crippen LogP contribution >= 0.6 is 0 Å². The van der Waals surface area contributed by atoms with Crippen LogP contribution in [0.5, 0.6) is 23.0 Å². The zero-order chi connectivity index (χ0) is 54.4. The maximum absolute atomic E-state index is 5.82. The number of benzene rings is 12. The normalized spacial score (nSPS) is 11.0. The summed E-state index contributed by atoms with van der Waals surface area (Å²) < 4.78 is 23.1. The summed E-state index contributed by atoms with van der Waals surface area (Å²) in [4.78, 5) is 0. The smallest absolute Gasteiger partial charge is 0.118 e. The summed E-state index contributed by atoms with van der Waals surface area (Å²) in [5.41, 5.74) is 24.1. The van der Waals surface area contributed by atoms with E-state index in [0.29, 0.717) is 0 Å². The highest BCUT2D eigenvalue weighted by molar-refractivity contribution is 6.16. The van der Waals surface area contributed by atoms with Gasteiger partial charge in [0.1, 0.15) is 23.0 Å². The van der Waals surface area contributed by atoms with Crippen LogP contribution < -0.4 is 18.9 Å². The standard InChI is InChI=1S/C76H58O4/c1-77-62-41-33-56(34-42-62)69-66(51-21-10-5-11-22-51)50-67(68(52-23-12-6-13-24-52)70(69)57-35-43-63(78-2)44-36-57)60-31-20-32-61(49-60)76-72(54-27-16-8-17-28-54)71(53-25-14-7-15-26-53)74(58-37-45-64(79-3)46-38-58)75(59-39-47-65(80-4)48-40-59)73(76)55-29-18-9-19-30-55/h5-50H,1-4H3. The second-order valence-corrected chi connectivity index (χ2v) is 19.7. The average Bonchev–Trinajstić information content (AvgIpc) is 3.70. The van der Waals surface area contributed by atoms with Crippen LogP contribution in [0.15, 0.2) is 279 Å². The highest BCUT2D eigenvalue weighted by atomic mass is 16.5. The largest absolute Gasteiger partial charge is 0.497 e. The van der Waals surface area contributed by atoms with Gasteiger partial charge in [0.15, 0.2) is 0 Å². The van der Waals surface area contributed by atoms with Gasteiger partial charge in [-0.05, 0) is 183 Å². The molecule has 0 aromatic heterocycles. The topological polar surface area (TPSA) is 36.9 Å². The molecular formula is C76H58O4. The van der Waals surface area contributed by atoms with Crippen molar-refractivity contribution >= 4 is 0 Å². The minimum atomic E-state index is 0.786. The molecule has 0 aliphatic heterocycles. The summed E-state index contributed by atoms with van der Waals surface area (Å²) in [5.74, 6) is 3.16. The van der Waals surface area contributed by atoms with Crippen molar-refractivity contribution in [2.24, 2.45) is 0 Å². The Kier molecular flexibility index (Phi) is 14.4. The zero-order valence-electron chi connectivity index (χ0n) is 45.2. The van der Waals surface area contributed by atoms with Crippen LogP contribution in [0.3, 0.4) is 0 Å². The molecule has 0 amide bonds. The Morgan fingerprint density at radius 3 is 0.688 bits per heavy atom. The summed E-state index contributed by atoms with van der Waals surface area (Å²) in [6.07, 6.45) is 0. The first kappa shape index (κ1) is 50.6. The molecule has 12 rings (SSSR count). The molecule has 80 heavy (non-hydrogen) atoms. The van der Waals surface area contributed by atoms with E-state index in [0.717, 1.165) is 145 Å². The minimum Gasteiger partial charge on any atom is -0.497 e. The molecule has 12 aromatic carbocycles. The van der Waals surface area contributed by atoms with Gasteiger partial charge in [0.25, 0.3) is 0 Å². The van der Waals surface area contributed by atoms with Crippen molar-refractivity contribution in [2.75, 3.05) is 28.4 Å². The molecule has 4 nitrogen and oxygen atoms in total. The Morgan fingerprint density at radius 1 is 0.163 bits per heavy atom. The van der Waals surface area contributed by atoms with E-state index >= 15 is 0 Å². The third-order valence-electron chi connectivity index (χ3n) is 15.1. The summed E-state index contributed by atoms with van der Waals surface area (Å²) in [7, 11) is 6.87. The van der Waals surface area contributed by atoms with E-state index in [9.17, 15) is 0 Å². The molecule has 0 radical (unpaired) electrons. The summed E-state index contributed by atoms with van der Waals surface area (Å²) >= 11 is 0. The van der Waals surface area contributed by atoms with Gasteiger partial charge >= 0.3 is 0 Å². The predicted molar refractivity (Wildman–Crippen MR) is 332 cm³/mol. The first-order valence-electron chi connectivity index (χ1n) is 26.9. The van der Waals surface area contributed by atoms with Gasteiger partial charge < -0.3 is 18.9 Å². The first-order valence-corrected chi connectivity index (χ1v) is 26.9. The van der Waals surface area contributed by atoms with Crippen LogP contribution in [0.25, 0.3) is 122 Å². The number of hydrogen-bond acceptors (Lipinski definition) is 4. The van der Waals surface area contributed by atoms with Crippen molar-refractivity contribution in [3.05, 3.63) is 279 Å². The Balaban J connectivity index is 1.27. The van der Waals surface area contributed by atoms with Gasteiger partial charge in [-0.2, -0.15) is 0 Å². The lowest BCUT2D eigenvalue weighted by atomic mass is 9.73. The molecule has 0 spiro atoms. The molecule has 0 fully saturated rings. The molecule has 0 N–H and O–H groups in total. The number of ether oxygens (including phenoxy) is 4. The monoisotopic (exact) mass is 1030 g/mol. The van der Waals surface area contributed by atoms with Crippen LogP contribution in [-0.2, 0) is 0 Å². The molecule has 12 aromatic rings. The van der Waals surface area contributed by atoms with Crippen molar-refractivity contribution in [1.29, 1.82) is 0 Å². The fourth-order valence-corrected chi connectivity index (χ4v) is 11.4. The number of hydrogen-bond donors (Lipinski definition) is 0. The van der Waals surface area contributed by atoms with Crippen molar-refractivity contribution in [3.8, 4) is 145 Å². The highest BCUT2D eigenvalue weighted by Gasteiger charge is 2.30. The van der Waals surface area contributed by atoms with Crippen LogP contribution in [0, 0.1) is 0 Å². The molecule has 0 aliphatic carbocycles. The maximum atomic E-state index is 5.82. The minimum absolute atomic E-state index is 0.786. The van der Waals surface area contributed by atoms with Gasteiger partial charge in [-0.1, -0.05) is 218 Å². The fourth-order valence-electron chi connectivity index (χ4n) is 11.4. The van der Waals surface area contributed by atoms with Crippen LogP contribution in [0.2, 0.25) is 0 Å². The number of rotatable bonds is 15. The third-order valence-corrected chi connectivity index (χ3v) is 15.1. The van der Waals surface area contributed by atoms with Crippen molar-refractivity contribution < 1.29 is 18.9 Å². The quantitative estimate of drug-likeness (QED) is 0.103. The van der Waals surface area contributed by atoms with Gasteiger partial charge in [-0.25, -0.2) is 0 Å². The average molecular weight is 1040 g/mol. The van der Waals surface area contributed by atoms with E-state index in [2.05, 4.69) is 279 Å². The van der Waals surface area contributed by atoms with Crippen LogP contribution in [-0.4, -0.2) is 28.4 Å². The van der Waals surface area contributed by atoms with Crippen molar-refractivity contribution in [2.45, 2.75) is 0 Å². The van der Waals surface area contributed by atoms with Gasteiger partial charge in [0, 0.05) is 0 Å². The van der Waals surface area contributed by atoms with E-state index in [1.807, 2.05) is 0 Å². The first-order chi connectivity index (χ1) is 39.5. The van der Waals surface area contributed by atoms with Crippen LogP contribution in [0.1, 0.15) is 0 Å². The zero-order valence-corrected chi connectivity index (χ0v) is 45.2. The molecule has 4 heteroatoms. The Hall–Kier alpha value is -10.2. The van der Waals surface area contributed by atoms with Gasteiger partial charge in [0.2, 0.25) is 0 Å². The molecular weight excluding hydrogens is 977 g/mol. The predicted octanol–water partition coefficient (Wildman–Crippen LogP) is 20.1. The Labute approximate surface area is 469 Å². The lowest BCUT2D eigenvalue weighted by molar-refractivity contribution is 0.414. The molecule has 0 bridgehead atoms. The molecule has 0 unspecified atom stereocenters. The van der Waals surface area contributed by atoms with Crippen LogP contribution in [0.4, 0.5) is 0 Å². The lowest BCUT2D eigenvalue weighted by Gasteiger charge is -2.29. The van der Waals surface area contributed by atoms with Crippen molar-refractivity contribution in [3.63, 3.8) is 0 Å². The summed E-state index contributed by atoms with van der Waals surface area (Å²) in [6.45, 7) is 0. The van der Waals surface area contributed by atoms with E-state index in [4.69, 9.17) is 18.9 Å². The second kappa shape index (κ2) is 22.8. The number of methoxy groups -OCH3 is 4. The summed E-state index contributed by atoms with van der Waals surface area (Å²) in [6, 6.07) is 100. The third kappa shape index (κ3) is 9.80. The van der Waals surface area contributed by atoms with Gasteiger partial charge in [-0.3, -0.25) is 0 Å². The molecule has 0 atom stereocenters. The lowest BCUT2D eigenvalue weighted by Crippen LogP contribution is -2.02. The molecule has 0 saturated heterocycles. The van der Waals surface area contributed by atoms with E-state index in [-0.39, 0.29) is 0 Å². The van der Waals surface area contributed by atoms with E-state index in [1.54, 1.807) is 28.4 Å². The van der Waals surface area contributed by atoms with Crippen molar-refractivity contribution in [1.82, 2.24) is 0 Å². The highest BCUT2D eigenvalue weighted by Crippen LogP contribution is 2.57. The van der Waals surface area contributed by atoms with Gasteiger partial charge in [-0.15, -0.1) is 0 Å². The Morgan fingerprint density at radius 2 is 0.375 bits per heavy atom. The Bertz CT molecular complexity index is 4070.